The van der Waals surface area contributed by atoms with Crippen molar-refractivity contribution in [3.63, 3.8) is 0 Å². The van der Waals surface area contributed by atoms with Gasteiger partial charge in [-0.3, -0.25) is 4.79 Å². The number of methoxy groups -OCH3 is 1. The van der Waals surface area contributed by atoms with Gasteiger partial charge in [-0.25, -0.2) is 0 Å². The van der Waals surface area contributed by atoms with Gasteiger partial charge < -0.3 is 18.8 Å². The Bertz CT molecular complexity index is 874. The molecule has 0 saturated carbocycles. The number of ether oxygens (including phenoxy) is 3. The van der Waals surface area contributed by atoms with E-state index < -0.39 is 0 Å². The number of nitrogens with zero attached hydrogens (tertiary/aromatic N) is 1. The summed E-state index contributed by atoms with van der Waals surface area (Å²) in [7, 11) is 1.56. The Morgan fingerprint density at radius 2 is 1.36 bits per heavy atom. The summed E-state index contributed by atoms with van der Waals surface area (Å²) in [5, 5.41) is 0.913. The van der Waals surface area contributed by atoms with E-state index in [1.807, 2.05) is 22.8 Å². The fourth-order valence-electron chi connectivity index (χ4n) is 4.10. The number of rotatable bonds is 18. The standard InChI is InChI=1S/C28H45NO4/c1-5-8-11-13-14-15-19-29-25-22-23(32-20-10-7-3)17-18-24(25)26(27(31-4)28(29)30)33-21-16-12-9-6-2/h17-18,22H,5-16,19-21H2,1-4H3. The second-order valence-electron chi connectivity index (χ2n) is 8.88. The Balaban J connectivity index is 2.34. The van der Waals surface area contributed by atoms with Gasteiger partial charge >= 0.3 is 0 Å². The normalized spacial score (nSPS) is 11.2. The number of fused-ring (bicyclic) bond motifs is 1. The molecule has 2 aromatic rings. The molecule has 0 unspecified atom stereocenters. The Kier molecular flexibility index (Phi) is 12.8. The van der Waals surface area contributed by atoms with Crippen molar-refractivity contribution < 1.29 is 14.2 Å². The highest BCUT2D eigenvalue weighted by molar-refractivity contribution is 5.89. The topological polar surface area (TPSA) is 49.7 Å². The Morgan fingerprint density at radius 3 is 2.06 bits per heavy atom. The van der Waals surface area contributed by atoms with Gasteiger partial charge in [0.25, 0.3) is 5.56 Å². The summed E-state index contributed by atoms with van der Waals surface area (Å²) in [6, 6.07) is 5.98. The molecule has 0 aliphatic heterocycles. The van der Waals surface area contributed by atoms with E-state index in [-0.39, 0.29) is 5.56 Å². The number of hydrogen-bond acceptors (Lipinski definition) is 4. The first-order valence-corrected chi connectivity index (χ1v) is 13.2. The number of hydrogen-bond donors (Lipinski definition) is 0. The molecule has 1 aromatic heterocycles. The fourth-order valence-corrected chi connectivity index (χ4v) is 4.10. The molecule has 0 atom stereocenters. The third-order valence-electron chi connectivity index (χ3n) is 6.10. The van der Waals surface area contributed by atoms with Crippen molar-refractivity contribution in [2.75, 3.05) is 20.3 Å². The van der Waals surface area contributed by atoms with Crippen molar-refractivity contribution in [3.8, 4) is 17.2 Å². The molecule has 0 amide bonds. The summed E-state index contributed by atoms with van der Waals surface area (Å²) in [6.07, 6.45) is 13.7. The first-order chi connectivity index (χ1) is 16.2. The average molecular weight is 460 g/mol. The molecule has 2 rings (SSSR count). The van der Waals surface area contributed by atoms with Crippen molar-refractivity contribution in [2.24, 2.45) is 0 Å². The van der Waals surface area contributed by atoms with Crippen LogP contribution in [0.1, 0.15) is 97.8 Å². The van der Waals surface area contributed by atoms with Crippen molar-refractivity contribution in [3.05, 3.63) is 28.6 Å². The van der Waals surface area contributed by atoms with Gasteiger partial charge in [-0.2, -0.15) is 0 Å². The highest BCUT2D eigenvalue weighted by Crippen LogP contribution is 2.35. The lowest BCUT2D eigenvalue weighted by molar-refractivity contribution is 0.285. The minimum absolute atomic E-state index is 0.118. The van der Waals surface area contributed by atoms with E-state index >= 15 is 0 Å². The zero-order valence-corrected chi connectivity index (χ0v) is 21.4. The summed E-state index contributed by atoms with van der Waals surface area (Å²) in [4.78, 5) is 13.4. The van der Waals surface area contributed by atoms with Crippen LogP contribution in [0.5, 0.6) is 17.2 Å². The van der Waals surface area contributed by atoms with Crippen LogP contribution in [-0.4, -0.2) is 24.9 Å². The molecule has 0 spiro atoms. The Labute approximate surface area is 200 Å². The minimum atomic E-state index is -0.118. The molecule has 0 radical (unpaired) electrons. The minimum Gasteiger partial charge on any atom is -0.494 e. The lowest BCUT2D eigenvalue weighted by Crippen LogP contribution is -2.23. The van der Waals surface area contributed by atoms with E-state index in [9.17, 15) is 4.79 Å². The van der Waals surface area contributed by atoms with Gasteiger partial charge in [0.1, 0.15) is 5.75 Å². The Morgan fingerprint density at radius 1 is 0.727 bits per heavy atom. The summed E-state index contributed by atoms with van der Waals surface area (Å²) < 4.78 is 19.5. The summed E-state index contributed by atoms with van der Waals surface area (Å²) >= 11 is 0. The first-order valence-electron chi connectivity index (χ1n) is 13.2. The van der Waals surface area contributed by atoms with Crippen LogP contribution in [0.25, 0.3) is 10.9 Å². The molecule has 0 fully saturated rings. The van der Waals surface area contributed by atoms with Crippen LogP contribution in [-0.2, 0) is 6.54 Å². The largest absolute Gasteiger partial charge is 0.494 e. The van der Waals surface area contributed by atoms with Gasteiger partial charge in [-0.05, 0) is 31.4 Å². The van der Waals surface area contributed by atoms with Crippen molar-refractivity contribution in [1.29, 1.82) is 0 Å². The molecule has 0 bridgehead atoms. The SMILES string of the molecule is CCCCCCCCn1c(=O)c(OC)c(OCCCCCC)c2ccc(OCCCC)cc21. The third kappa shape index (κ3) is 8.28. The van der Waals surface area contributed by atoms with E-state index in [4.69, 9.17) is 14.2 Å². The van der Waals surface area contributed by atoms with Gasteiger partial charge in [0, 0.05) is 18.0 Å². The maximum absolute atomic E-state index is 13.4. The molecule has 1 heterocycles. The maximum atomic E-state index is 13.4. The van der Waals surface area contributed by atoms with Gasteiger partial charge in [-0.15, -0.1) is 0 Å². The third-order valence-corrected chi connectivity index (χ3v) is 6.10. The Hall–Kier alpha value is -2.17. The molecular weight excluding hydrogens is 414 g/mol. The van der Waals surface area contributed by atoms with Gasteiger partial charge in [0.15, 0.2) is 5.75 Å². The molecule has 0 aliphatic rings. The number of aryl methyl sites for hydroxylation is 1. The van der Waals surface area contributed by atoms with E-state index in [1.165, 1.54) is 38.5 Å². The second-order valence-corrected chi connectivity index (χ2v) is 8.88. The van der Waals surface area contributed by atoms with Crippen LogP contribution in [0.15, 0.2) is 23.0 Å². The molecule has 5 heteroatoms. The molecule has 0 aliphatic carbocycles. The molecule has 0 saturated heterocycles. The molecule has 186 valence electrons. The maximum Gasteiger partial charge on any atom is 0.297 e. The van der Waals surface area contributed by atoms with E-state index in [2.05, 4.69) is 20.8 Å². The lowest BCUT2D eigenvalue weighted by atomic mass is 10.1. The summed E-state index contributed by atoms with van der Waals surface area (Å²) in [5.74, 6) is 1.67. The predicted octanol–water partition coefficient (Wildman–Crippen LogP) is 7.51. The van der Waals surface area contributed by atoms with Crippen LogP contribution in [0, 0.1) is 0 Å². The average Bonchev–Trinajstić information content (AvgIpc) is 2.82. The predicted molar refractivity (Wildman–Crippen MR) is 138 cm³/mol. The second kappa shape index (κ2) is 15.6. The van der Waals surface area contributed by atoms with Gasteiger partial charge in [0.2, 0.25) is 5.75 Å². The van der Waals surface area contributed by atoms with Gasteiger partial charge in [0.05, 0.1) is 25.8 Å². The molecular formula is C28H45NO4. The van der Waals surface area contributed by atoms with Gasteiger partial charge in [-0.1, -0.05) is 78.6 Å². The van der Waals surface area contributed by atoms with Crippen LogP contribution in [0.3, 0.4) is 0 Å². The zero-order valence-electron chi connectivity index (χ0n) is 21.4. The molecule has 1 aromatic carbocycles. The van der Waals surface area contributed by atoms with Crippen LogP contribution < -0.4 is 19.8 Å². The summed E-state index contributed by atoms with van der Waals surface area (Å²) in [6.45, 7) is 8.51. The van der Waals surface area contributed by atoms with Crippen molar-refractivity contribution in [1.82, 2.24) is 4.57 Å². The highest BCUT2D eigenvalue weighted by Gasteiger charge is 2.19. The van der Waals surface area contributed by atoms with Crippen LogP contribution >= 0.6 is 0 Å². The van der Waals surface area contributed by atoms with Crippen molar-refractivity contribution >= 4 is 10.9 Å². The number of aromatic nitrogens is 1. The zero-order chi connectivity index (χ0) is 23.9. The van der Waals surface area contributed by atoms with E-state index in [1.54, 1.807) is 7.11 Å². The van der Waals surface area contributed by atoms with Crippen LogP contribution in [0.4, 0.5) is 0 Å². The monoisotopic (exact) mass is 459 g/mol. The molecule has 5 nitrogen and oxygen atoms in total. The highest BCUT2D eigenvalue weighted by atomic mass is 16.5. The first kappa shape index (κ1) is 27.1. The quantitative estimate of drug-likeness (QED) is 0.216. The number of benzene rings is 1. The smallest absolute Gasteiger partial charge is 0.297 e. The molecule has 0 N–H and O–H groups in total. The molecule has 33 heavy (non-hydrogen) atoms. The van der Waals surface area contributed by atoms with Crippen molar-refractivity contribution in [2.45, 2.75) is 104 Å². The van der Waals surface area contributed by atoms with Crippen LogP contribution in [0.2, 0.25) is 0 Å². The lowest BCUT2D eigenvalue weighted by Gasteiger charge is -2.18. The van der Waals surface area contributed by atoms with E-state index in [0.717, 1.165) is 55.2 Å². The summed E-state index contributed by atoms with van der Waals surface area (Å²) in [5.41, 5.74) is 0.750. The fraction of sp³-hybridized carbons (Fsp3) is 0.679. The van der Waals surface area contributed by atoms with E-state index in [0.29, 0.717) is 31.3 Å². The number of unbranched alkanes of at least 4 members (excludes halogenated alkanes) is 9. The number of pyridine rings is 1.